The van der Waals surface area contributed by atoms with E-state index >= 15 is 0 Å². The van der Waals surface area contributed by atoms with Gasteiger partial charge in [0, 0.05) is 24.8 Å². The van der Waals surface area contributed by atoms with Gasteiger partial charge in [0.2, 0.25) is 0 Å². The Kier molecular flexibility index (Phi) is 3.73. The average Bonchev–Trinajstić information content (AvgIpc) is 2.73. The first-order valence-corrected chi connectivity index (χ1v) is 6.11. The number of likely N-dealkylation sites (tertiary alicyclic amines) is 1. The molecular formula is C11H12BrFN2O2. The topological polar surface area (TPSA) is 53.4 Å². The SMILES string of the molecule is O=C(O)C1CCN(Cc2ccnc(Br)c2F)C1. The van der Waals surface area contributed by atoms with Crippen LogP contribution in [0.4, 0.5) is 4.39 Å². The van der Waals surface area contributed by atoms with Crippen molar-refractivity contribution in [2.75, 3.05) is 13.1 Å². The van der Waals surface area contributed by atoms with Crippen LogP contribution in [0, 0.1) is 11.7 Å². The molecule has 1 atom stereocenters. The molecule has 0 amide bonds. The van der Waals surface area contributed by atoms with Crippen molar-refractivity contribution < 1.29 is 14.3 Å². The van der Waals surface area contributed by atoms with Gasteiger partial charge in [-0.05, 0) is 35.0 Å². The molecule has 17 heavy (non-hydrogen) atoms. The van der Waals surface area contributed by atoms with Crippen LogP contribution in [0.15, 0.2) is 16.9 Å². The summed E-state index contributed by atoms with van der Waals surface area (Å²) in [6.07, 6.45) is 2.16. The van der Waals surface area contributed by atoms with E-state index in [1.165, 1.54) is 6.20 Å². The maximum Gasteiger partial charge on any atom is 0.307 e. The van der Waals surface area contributed by atoms with Crippen molar-refractivity contribution in [2.24, 2.45) is 5.92 Å². The minimum absolute atomic E-state index is 0.198. The van der Waals surface area contributed by atoms with E-state index in [0.717, 1.165) is 0 Å². The van der Waals surface area contributed by atoms with Crippen LogP contribution in [-0.2, 0) is 11.3 Å². The quantitative estimate of drug-likeness (QED) is 0.867. The number of aromatic nitrogens is 1. The number of hydrogen-bond acceptors (Lipinski definition) is 3. The lowest BCUT2D eigenvalue weighted by Gasteiger charge is -2.15. The molecule has 0 bridgehead atoms. The number of carbonyl (C=O) groups is 1. The van der Waals surface area contributed by atoms with Crippen molar-refractivity contribution in [2.45, 2.75) is 13.0 Å². The minimum Gasteiger partial charge on any atom is -0.481 e. The van der Waals surface area contributed by atoms with Crippen LogP contribution in [0.25, 0.3) is 0 Å². The highest BCUT2D eigenvalue weighted by atomic mass is 79.9. The summed E-state index contributed by atoms with van der Waals surface area (Å²) < 4.78 is 13.9. The molecule has 0 spiro atoms. The molecule has 92 valence electrons. The van der Waals surface area contributed by atoms with E-state index in [-0.39, 0.29) is 16.3 Å². The summed E-state index contributed by atoms with van der Waals surface area (Å²) in [7, 11) is 0. The van der Waals surface area contributed by atoms with Crippen LogP contribution >= 0.6 is 15.9 Å². The molecule has 0 aliphatic carbocycles. The van der Waals surface area contributed by atoms with Gasteiger partial charge in [0.15, 0.2) is 5.82 Å². The molecule has 0 aromatic carbocycles. The van der Waals surface area contributed by atoms with Crippen molar-refractivity contribution in [3.05, 3.63) is 28.2 Å². The van der Waals surface area contributed by atoms with Crippen molar-refractivity contribution in [1.29, 1.82) is 0 Å². The number of aliphatic carboxylic acids is 1. The molecule has 1 fully saturated rings. The number of pyridine rings is 1. The monoisotopic (exact) mass is 302 g/mol. The van der Waals surface area contributed by atoms with E-state index < -0.39 is 5.97 Å². The lowest BCUT2D eigenvalue weighted by atomic mass is 10.1. The van der Waals surface area contributed by atoms with E-state index in [2.05, 4.69) is 20.9 Å². The standard InChI is InChI=1S/C11H12BrFN2O2/c12-10-9(13)7(1-3-14-10)5-15-4-2-8(6-15)11(16)17/h1,3,8H,2,4-6H2,(H,16,17). The number of hydrogen-bond donors (Lipinski definition) is 1. The van der Waals surface area contributed by atoms with Crippen LogP contribution in [0.2, 0.25) is 0 Å². The predicted octanol–water partition coefficient (Wildman–Crippen LogP) is 1.89. The molecule has 1 unspecified atom stereocenters. The van der Waals surface area contributed by atoms with Crippen molar-refractivity contribution in [3.63, 3.8) is 0 Å². The summed E-state index contributed by atoms with van der Waals surface area (Å²) >= 11 is 3.03. The van der Waals surface area contributed by atoms with Gasteiger partial charge in [-0.3, -0.25) is 9.69 Å². The first kappa shape index (κ1) is 12.4. The molecule has 0 radical (unpaired) electrons. The van der Waals surface area contributed by atoms with Crippen LogP contribution in [0.1, 0.15) is 12.0 Å². The molecule has 1 aliphatic heterocycles. The van der Waals surface area contributed by atoms with Crippen molar-refractivity contribution in [1.82, 2.24) is 9.88 Å². The Morgan fingerprint density at radius 1 is 1.71 bits per heavy atom. The molecule has 1 aromatic rings. The van der Waals surface area contributed by atoms with E-state index in [9.17, 15) is 9.18 Å². The molecule has 2 heterocycles. The van der Waals surface area contributed by atoms with E-state index in [1.807, 2.05) is 4.90 Å². The van der Waals surface area contributed by atoms with Gasteiger partial charge in [0.25, 0.3) is 0 Å². The second-order valence-electron chi connectivity index (χ2n) is 4.13. The summed E-state index contributed by atoms with van der Waals surface area (Å²) in [5.74, 6) is -1.47. The molecule has 1 N–H and O–H groups in total. The largest absolute Gasteiger partial charge is 0.481 e. The number of nitrogens with zero attached hydrogens (tertiary/aromatic N) is 2. The molecule has 6 heteroatoms. The van der Waals surface area contributed by atoms with Gasteiger partial charge in [-0.2, -0.15) is 0 Å². The van der Waals surface area contributed by atoms with Crippen LogP contribution < -0.4 is 0 Å². The molecule has 1 aromatic heterocycles. The highest BCUT2D eigenvalue weighted by Crippen LogP contribution is 2.22. The third-order valence-corrected chi connectivity index (χ3v) is 3.50. The third-order valence-electron chi connectivity index (χ3n) is 2.94. The zero-order chi connectivity index (χ0) is 12.4. The third kappa shape index (κ3) is 2.81. The Morgan fingerprint density at radius 3 is 3.12 bits per heavy atom. The van der Waals surface area contributed by atoms with E-state index in [4.69, 9.17) is 5.11 Å². The highest BCUT2D eigenvalue weighted by Gasteiger charge is 2.28. The first-order chi connectivity index (χ1) is 8.08. The summed E-state index contributed by atoms with van der Waals surface area (Å²) in [5.41, 5.74) is 0.540. The highest BCUT2D eigenvalue weighted by molar-refractivity contribution is 9.10. The molecular weight excluding hydrogens is 291 g/mol. The van der Waals surface area contributed by atoms with Crippen LogP contribution in [-0.4, -0.2) is 34.0 Å². The Balaban J connectivity index is 2.03. The summed E-state index contributed by atoms with van der Waals surface area (Å²) in [6, 6.07) is 1.62. The zero-order valence-electron chi connectivity index (χ0n) is 9.07. The van der Waals surface area contributed by atoms with Crippen LogP contribution in [0.5, 0.6) is 0 Å². The summed E-state index contributed by atoms with van der Waals surface area (Å²) in [5, 5.41) is 8.88. The van der Waals surface area contributed by atoms with Gasteiger partial charge >= 0.3 is 5.97 Å². The lowest BCUT2D eigenvalue weighted by Crippen LogP contribution is -2.23. The molecule has 1 aliphatic rings. The van der Waals surface area contributed by atoms with Gasteiger partial charge in [-0.1, -0.05) is 0 Å². The fourth-order valence-electron chi connectivity index (χ4n) is 2.00. The first-order valence-electron chi connectivity index (χ1n) is 5.32. The van der Waals surface area contributed by atoms with Gasteiger partial charge in [0.05, 0.1) is 5.92 Å². The fourth-order valence-corrected chi connectivity index (χ4v) is 2.37. The van der Waals surface area contributed by atoms with E-state index in [1.54, 1.807) is 6.07 Å². The number of carboxylic acids is 1. The molecule has 4 nitrogen and oxygen atoms in total. The number of rotatable bonds is 3. The second-order valence-corrected chi connectivity index (χ2v) is 4.88. The Bertz CT molecular complexity index is 441. The van der Waals surface area contributed by atoms with Crippen molar-refractivity contribution >= 4 is 21.9 Å². The molecule has 2 rings (SSSR count). The zero-order valence-corrected chi connectivity index (χ0v) is 10.7. The Hall–Kier alpha value is -1.01. The number of halogens is 2. The Morgan fingerprint density at radius 2 is 2.47 bits per heavy atom. The van der Waals surface area contributed by atoms with Crippen LogP contribution in [0.3, 0.4) is 0 Å². The van der Waals surface area contributed by atoms with Crippen molar-refractivity contribution in [3.8, 4) is 0 Å². The molecule has 0 saturated carbocycles. The van der Waals surface area contributed by atoms with Gasteiger partial charge < -0.3 is 5.11 Å². The smallest absolute Gasteiger partial charge is 0.307 e. The maximum atomic E-state index is 13.7. The van der Waals surface area contributed by atoms with Gasteiger partial charge in [-0.25, -0.2) is 9.37 Å². The number of carboxylic acid groups (broad SMARTS) is 1. The predicted molar refractivity (Wildman–Crippen MR) is 62.9 cm³/mol. The summed E-state index contributed by atoms with van der Waals surface area (Å²) in [6.45, 7) is 1.60. The molecule has 1 saturated heterocycles. The normalized spacial score (nSPS) is 20.7. The van der Waals surface area contributed by atoms with E-state index in [0.29, 0.717) is 31.6 Å². The lowest BCUT2D eigenvalue weighted by molar-refractivity contribution is -0.141. The average molecular weight is 303 g/mol. The maximum absolute atomic E-state index is 13.7. The fraction of sp³-hybridized carbons (Fsp3) is 0.455. The van der Waals surface area contributed by atoms with Gasteiger partial charge in [-0.15, -0.1) is 0 Å². The Labute approximate surface area is 107 Å². The van der Waals surface area contributed by atoms with Gasteiger partial charge in [0.1, 0.15) is 4.60 Å². The summed E-state index contributed by atoms with van der Waals surface area (Å²) in [4.78, 5) is 16.5. The minimum atomic E-state index is -0.774. The second kappa shape index (κ2) is 5.10.